The molecule has 0 saturated carbocycles. The van der Waals surface area contributed by atoms with Gasteiger partial charge in [0.25, 0.3) is 0 Å². The van der Waals surface area contributed by atoms with Gasteiger partial charge in [0.2, 0.25) is 5.91 Å². The summed E-state index contributed by atoms with van der Waals surface area (Å²) < 4.78 is 37.9. The molecule has 0 fully saturated rings. The Morgan fingerprint density at radius 2 is 1.52 bits per heavy atom. The van der Waals surface area contributed by atoms with Gasteiger partial charge in [-0.05, 0) is 35.1 Å². The maximum atomic E-state index is 13.0. The maximum absolute atomic E-state index is 13.0. The zero-order valence-corrected chi connectivity index (χ0v) is 15.0. The molecule has 0 aliphatic heterocycles. The minimum Gasteiger partial charge on any atom is -0.346 e. The van der Waals surface area contributed by atoms with E-state index in [2.05, 4.69) is 21.2 Å². The molecule has 0 saturated heterocycles. The first-order chi connectivity index (χ1) is 11.9. The molecule has 0 radical (unpaired) electrons. The van der Waals surface area contributed by atoms with E-state index in [0.29, 0.717) is 18.2 Å². The van der Waals surface area contributed by atoms with E-state index in [1.54, 1.807) is 0 Å². The van der Waals surface area contributed by atoms with E-state index in [0.717, 1.165) is 22.3 Å². The number of rotatable bonds is 5. The molecule has 1 aliphatic carbocycles. The summed E-state index contributed by atoms with van der Waals surface area (Å²) in [7, 11) is 0. The first-order valence-electron chi connectivity index (χ1n) is 8.00. The fourth-order valence-corrected chi connectivity index (χ4v) is 3.90. The van der Waals surface area contributed by atoms with E-state index in [1.807, 2.05) is 48.5 Å². The Morgan fingerprint density at radius 3 is 2.00 bits per heavy atom. The first kappa shape index (κ1) is 18.0. The molecule has 2 aromatic rings. The van der Waals surface area contributed by atoms with Crippen molar-refractivity contribution in [2.24, 2.45) is 0 Å². The highest BCUT2D eigenvalue weighted by atomic mass is 79.9. The Morgan fingerprint density at radius 1 is 1.00 bits per heavy atom. The van der Waals surface area contributed by atoms with Crippen LogP contribution in [0.15, 0.2) is 48.5 Å². The van der Waals surface area contributed by atoms with Gasteiger partial charge in [-0.1, -0.05) is 64.5 Å². The number of hydrogen-bond donors (Lipinski definition) is 1. The summed E-state index contributed by atoms with van der Waals surface area (Å²) in [6.45, 7) is -1.33. The van der Waals surface area contributed by atoms with Crippen LogP contribution in [0.3, 0.4) is 0 Å². The summed E-state index contributed by atoms with van der Waals surface area (Å²) in [4.78, 5) is 13.0. The van der Waals surface area contributed by atoms with E-state index >= 15 is 0 Å². The molecule has 2 aromatic carbocycles. The van der Waals surface area contributed by atoms with E-state index in [-0.39, 0.29) is 0 Å². The molecule has 1 amide bonds. The number of benzene rings is 2. The number of nitrogens with one attached hydrogen (secondary N) is 1. The van der Waals surface area contributed by atoms with Crippen LogP contribution in [0, 0.1) is 0 Å². The van der Waals surface area contributed by atoms with Crippen LogP contribution in [0.1, 0.15) is 24.0 Å². The largest absolute Gasteiger partial charge is 0.405 e. The highest BCUT2D eigenvalue weighted by Crippen LogP contribution is 2.51. The molecule has 25 heavy (non-hydrogen) atoms. The van der Waals surface area contributed by atoms with Crippen LogP contribution in [-0.2, 0) is 10.2 Å². The predicted octanol–water partition coefficient (Wildman–Crippen LogP) is 4.81. The minimum absolute atomic E-state index is 0.440. The monoisotopic (exact) mass is 411 g/mol. The summed E-state index contributed by atoms with van der Waals surface area (Å²) in [5.74, 6) is -0.594. The van der Waals surface area contributed by atoms with Crippen LogP contribution in [0.5, 0.6) is 0 Å². The van der Waals surface area contributed by atoms with Crippen molar-refractivity contribution < 1.29 is 18.0 Å². The third kappa shape index (κ3) is 3.19. The molecule has 132 valence electrons. The van der Waals surface area contributed by atoms with Crippen LogP contribution >= 0.6 is 15.9 Å². The Balaban J connectivity index is 2.13. The molecule has 0 bridgehead atoms. The molecule has 0 spiro atoms. The second-order valence-electron chi connectivity index (χ2n) is 6.09. The van der Waals surface area contributed by atoms with Gasteiger partial charge < -0.3 is 5.32 Å². The number of carbonyl (C=O) groups excluding carboxylic acids is 1. The fourth-order valence-electron chi connectivity index (χ4n) is 3.62. The van der Waals surface area contributed by atoms with Crippen molar-refractivity contribution >= 4 is 21.8 Å². The molecule has 6 heteroatoms. The molecule has 0 atom stereocenters. The number of halogens is 4. The quantitative estimate of drug-likeness (QED) is 0.702. The lowest BCUT2D eigenvalue weighted by Crippen LogP contribution is -2.47. The highest BCUT2D eigenvalue weighted by molar-refractivity contribution is 9.09. The molecular formula is C19H17BrF3NO. The Bertz CT molecular complexity index is 743. The van der Waals surface area contributed by atoms with Gasteiger partial charge in [-0.15, -0.1) is 0 Å². The summed E-state index contributed by atoms with van der Waals surface area (Å²) in [6, 6.07) is 14.9. The second-order valence-corrected chi connectivity index (χ2v) is 6.88. The number of fused-ring (bicyclic) bond motifs is 3. The third-order valence-corrected chi connectivity index (χ3v) is 5.15. The summed E-state index contributed by atoms with van der Waals surface area (Å²) >= 11 is 3.37. The Kier molecular flexibility index (Phi) is 4.91. The fraction of sp³-hybridized carbons (Fsp3) is 0.316. The van der Waals surface area contributed by atoms with E-state index in [9.17, 15) is 18.0 Å². The number of alkyl halides is 4. The molecule has 2 nitrogen and oxygen atoms in total. The lowest BCUT2D eigenvalue weighted by molar-refractivity contribution is -0.141. The van der Waals surface area contributed by atoms with Gasteiger partial charge >= 0.3 is 6.18 Å². The molecule has 1 N–H and O–H groups in total. The Labute approximate surface area is 152 Å². The SMILES string of the molecule is O=C(NCC(F)(F)F)C1(CCCBr)c2ccccc2-c2ccccc21. The summed E-state index contributed by atoms with van der Waals surface area (Å²) in [6.07, 6.45) is -3.33. The summed E-state index contributed by atoms with van der Waals surface area (Å²) in [5.41, 5.74) is 2.28. The molecule has 0 heterocycles. The maximum Gasteiger partial charge on any atom is 0.405 e. The van der Waals surface area contributed by atoms with Gasteiger partial charge in [-0.3, -0.25) is 4.79 Å². The van der Waals surface area contributed by atoms with Gasteiger partial charge in [-0.2, -0.15) is 13.2 Å². The van der Waals surface area contributed by atoms with Crippen molar-refractivity contribution in [3.63, 3.8) is 0 Å². The molecule has 3 rings (SSSR count). The standard InChI is InChI=1S/C19H17BrF3NO/c20-11-5-10-18(17(25)24-12-19(21,22)23)15-8-3-1-6-13(15)14-7-2-4-9-16(14)18/h1-4,6-9H,5,10-12H2,(H,24,25). The number of amides is 1. The zero-order chi connectivity index (χ0) is 18.1. The topological polar surface area (TPSA) is 29.1 Å². The highest BCUT2D eigenvalue weighted by Gasteiger charge is 2.48. The lowest BCUT2D eigenvalue weighted by Gasteiger charge is -2.31. The van der Waals surface area contributed by atoms with Crippen molar-refractivity contribution in [2.75, 3.05) is 11.9 Å². The molecular weight excluding hydrogens is 395 g/mol. The van der Waals surface area contributed by atoms with Crippen molar-refractivity contribution in [2.45, 2.75) is 24.4 Å². The van der Waals surface area contributed by atoms with Crippen molar-refractivity contribution in [3.8, 4) is 11.1 Å². The number of hydrogen-bond acceptors (Lipinski definition) is 1. The van der Waals surface area contributed by atoms with Gasteiger partial charge in [-0.25, -0.2) is 0 Å². The zero-order valence-electron chi connectivity index (χ0n) is 13.4. The van der Waals surface area contributed by atoms with E-state index < -0.39 is 24.0 Å². The average molecular weight is 412 g/mol. The predicted molar refractivity (Wildman–Crippen MR) is 94.8 cm³/mol. The van der Waals surface area contributed by atoms with E-state index in [4.69, 9.17) is 0 Å². The first-order valence-corrected chi connectivity index (χ1v) is 9.13. The average Bonchev–Trinajstić information content (AvgIpc) is 2.89. The molecule has 0 aromatic heterocycles. The minimum atomic E-state index is -4.44. The van der Waals surface area contributed by atoms with Gasteiger partial charge in [0.05, 0.1) is 0 Å². The molecule has 1 aliphatic rings. The number of carbonyl (C=O) groups is 1. The van der Waals surface area contributed by atoms with Crippen molar-refractivity contribution in [1.29, 1.82) is 0 Å². The smallest absolute Gasteiger partial charge is 0.346 e. The normalized spacial score (nSPS) is 14.7. The summed E-state index contributed by atoms with van der Waals surface area (Å²) in [5, 5.41) is 2.79. The third-order valence-electron chi connectivity index (χ3n) is 4.59. The van der Waals surface area contributed by atoms with Gasteiger partial charge in [0, 0.05) is 5.33 Å². The van der Waals surface area contributed by atoms with Crippen molar-refractivity contribution in [1.82, 2.24) is 5.32 Å². The second kappa shape index (κ2) is 6.83. The van der Waals surface area contributed by atoms with Crippen LogP contribution in [-0.4, -0.2) is 24.0 Å². The van der Waals surface area contributed by atoms with E-state index in [1.165, 1.54) is 0 Å². The van der Waals surface area contributed by atoms with Gasteiger partial charge in [0.15, 0.2) is 0 Å². The molecule has 0 unspecified atom stereocenters. The van der Waals surface area contributed by atoms with Crippen molar-refractivity contribution in [3.05, 3.63) is 59.7 Å². The van der Waals surface area contributed by atoms with Crippen LogP contribution in [0.4, 0.5) is 13.2 Å². The van der Waals surface area contributed by atoms with Crippen LogP contribution < -0.4 is 5.32 Å². The lowest BCUT2D eigenvalue weighted by atomic mass is 9.74. The Hall–Kier alpha value is -1.82. The van der Waals surface area contributed by atoms with Gasteiger partial charge in [0.1, 0.15) is 12.0 Å². The van der Waals surface area contributed by atoms with Crippen LogP contribution in [0.25, 0.3) is 11.1 Å². The van der Waals surface area contributed by atoms with Crippen LogP contribution in [0.2, 0.25) is 0 Å².